The van der Waals surface area contributed by atoms with Crippen LogP contribution in [0.1, 0.15) is 43.5 Å². The van der Waals surface area contributed by atoms with Crippen molar-refractivity contribution in [2.75, 3.05) is 36.8 Å². The average Bonchev–Trinajstić information content (AvgIpc) is 3.00. The Kier molecular flexibility index (Phi) is 8.95. The number of nitrogen functional groups attached to an aromatic ring is 1. The molecule has 9 nitrogen and oxygen atoms in total. The van der Waals surface area contributed by atoms with Gasteiger partial charge in [0.1, 0.15) is 17.3 Å². The fourth-order valence-electron chi connectivity index (χ4n) is 5.52. The summed E-state index contributed by atoms with van der Waals surface area (Å²) >= 11 is 19.2. The molecule has 13 heteroatoms. The Morgan fingerprint density at radius 2 is 1.78 bits per heavy atom. The molecule has 0 radical (unpaired) electrons. The summed E-state index contributed by atoms with van der Waals surface area (Å²) in [4.78, 5) is 39.6. The number of nitrogens with two attached hydrogens (primary N) is 1. The van der Waals surface area contributed by atoms with E-state index in [0.29, 0.717) is 54.2 Å². The number of fused-ring (bicyclic) bond motifs is 1. The van der Waals surface area contributed by atoms with Crippen LogP contribution < -0.4 is 16.2 Å². The van der Waals surface area contributed by atoms with Crippen LogP contribution in [-0.2, 0) is 4.79 Å². The van der Waals surface area contributed by atoms with Gasteiger partial charge in [-0.05, 0) is 49.4 Å². The zero-order valence-corrected chi connectivity index (χ0v) is 27.1. The number of hydrogen-bond donors (Lipinski definition) is 1. The number of carbonyl (C=O) groups excluding carboxylic acids is 1. The number of rotatable bonds is 4. The molecule has 0 spiro atoms. The summed E-state index contributed by atoms with van der Waals surface area (Å²) in [5.41, 5.74) is 7.11. The molecule has 0 bridgehead atoms. The predicted molar refractivity (Wildman–Crippen MR) is 176 cm³/mol. The molecule has 1 aromatic carbocycles. The van der Waals surface area contributed by atoms with E-state index in [1.165, 1.54) is 16.7 Å². The summed E-state index contributed by atoms with van der Waals surface area (Å²) in [5, 5.41) is 10.5. The Morgan fingerprint density at radius 1 is 1.09 bits per heavy atom. The quantitative estimate of drug-likeness (QED) is 0.159. The molecule has 1 fully saturated rings. The lowest BCUT2D eigenvalue weighted by Crippen LogP contribution is -2.49. The first-order chi connectivity index (χ1) is 21.4. The fraction of sp³-hybridized carbons (Fsp3) is 0.281. The van der Waals surface area contributed by atoms with E-state index in [1.807, 2.05) is 25.7 Å². The highest BCUT2D eigenvalue weighted by Crippen LogP contribution is 2.42. The van der Waals surface area contributed by atoms with Gasteiger partial charge in [-0.2, -0.15) is 5.26 Å². The maximum atomic E-state index is 15.5. The van der Waals surface area contributed by atoms with Crippen LogP contribution in [0.2, 0.25) is 15.1 Å². The van der Waals surface area contributed by atoms with Gasteiger partial charge in [-0.15, -0.1) is 0 Å². The van der Waals surface area contributed by atoms with Gasteiger partial charge in [0.15, 0.2) is 5.82 Å². The second-order valence-corrected chi connectivity index (χ2v) is 12.0. The van der Waals surface area contributed by atoms with Crippen LogP contribution in [-0.4, -0.2) is 51.5 Å². The van der Waals surface area contributed by atoms with Crippen LogP contribution in [0.25, 0.3) is 28.0 Å². The lowest BCUT2D eigenvalue weighted by Gasteiger charge is -2.36. The Hall–Kier alpha value is -4.35. The van der Waals surface area contributed by atoms with Crippen molar-refractivity contribution in [2.45, 2.75) is 33.6 Å². The molecule has 4 aromatic rings. The molecule has 1 saturated heterocycles. The molecule has 1 aliphatic heterocycles. The summed E-state index contributed by atoms with van der Waals surface area (Å²) < 4.78 is 16.9. The molecule has 2 N–H and O–H groups in total. The van der Waals surface area contributed by atoms with Gasteiger partial charge in [0.2, 0.25) is 0 Å². The smallest absolute Gasteiger partial charge is 0.298 e. The summed E-state index contributed by atoms with van der Waals surface area (Å²) in [6, 6.07) is 6.56. The largest absolute Gasteiger partial charge is 0.397 e. The Labute approximate surface area is 273 Å². The first-order valence-electron chi connectivity index (χ1n) is 14.0. The summed E-state index contributed by atoms with van der Waals surface area (Å²) in [5.74, 6) is 3.85. The lowest BCUT2D eigenvalue weighted by atomic mass is 10.0. The number of nitrogens with zero attached hydrogens (tertiary/aromatic N) is 6. The Balaban J connectivity index is 1.89. The highest BCUT2D eigenvalue weighted by atomic mass is 35.5. The minimum absolute atomic E-state index is 0.00218. The van der Waals surface area contributed by atoms with Gasteiger partial charge in [0, 0.05) is 37.8 Å². The fourth-order valence-corrected chi connectivity index (χ4v) is 6.23. The Bertz CT molecular complexity index is 2030. The van der Waals surface area contributed by atoms with Gasteiger partial charge < -0.3 is 15.5 Å². The van der Waals surface area contributed by atoms with Gasteiger partial charge >= 0.3 is 0 Å². The topological polar surface area (TPSA) is 121 Å². The number of amides is 1. The van der Waals surface area contributed by atoms with E-state index in [4.69, 9.17) is 45.5 Å². The number of aryl methyl sites for hydroxylation is 1. The normalized spacial score (nSPS) is 13.2. The van der Waals surface area contributed by atoms with Crippen LogP contribution in [0.15, 0.2) is 29.2 Å². The van der Waals surface area contributed by atoms with Gasteiger partial charge in [-0.1, -0.05) is 54.6 Å². The van der Waals surface area contributed by atoms with Crippen molar-refractivity contribution in [1.82, 2.24) is 19.4 Å². The zero-order chi connectivity index (χ0) is 32.7. The maximum Gasteiger partial charge on any atom is 0.298 e. The van der Waals surface area contributed by atoms with E-state index in [2.05, 4.69) is 22.9 Å². The number of nitriles is 1. The summed E-state index contributed by atoms with van der Waals surface area (Å²) in [6.07, 6.45) is 1.64. The average molecular weight is 667 g/mol. The van der Waals surface area contributed by atoms with Crippen LogP contribution in [0, 0.1) is 35.9 Å². The number of benzene rings is 1. The van der Waals surface area contributed by atoms with E-state index in [1.54, 1.807) is 24.1 Å². The molecule has 0 saturated carbocycles. The highest BCUT2D eigenvalue weighted by molar-refractivity contribution is 6.38. The molecule has 1 aliphatic rings. The zero-order valence-electron chi connectivity index (χ0n) is 24.8. The van der Waals surface area contributed by atoms with Crippen LogP contribution >= 0.6 is 34.8 Å². The van der Waals surface area contributed by atoms with Crippen molar-refractivity contribution in [2.24, 2.45) is 0 Å². The lowest BCUT2D eigenvalue weighted by molar-refractivity contribution is -0.125. The number of carbonyl (C=O) groups is 1. The molecule has 230 valence electrons. The van der Waals surface area contributed by atoms with E-state index in [9.17, 15) is 14.9 Å². The van der Waals surface area contributed by atoms with Crippen molar-refractivity contribution in [3.8, 4) is 34.9 Å². The van der Waals surface area contributed by atoms with Gasteiger partial charge in [0.05, 0.1) is 49.1 Å². The van der Waals surface area contributed by atoms with Gasteiger partial charge in [0.25, 0.3) is 11.5 Å². The molecule has 0 aliphatic carbocycles. The molecule has 4 heterocycles. The molecule has 0 atom stereocenters. The molecule has 0 unspecified atom stereocenters. The number of halogens is 4. The van der Waals surface area contributed by atoms with Crippen molar-refractivity contribution in [3.63, 3.8) is 0 Å². The molecule has 5 rings (SSSR count). The molecule has 3 aromatic heterocycles. The molecule has 45 heavy (non-hydrogen) atoms. The third-order valence-corrected chi connectivity index (χ3v) is 8.55. The van der Waals surface area contributed by atoms with E-state index < -0.39 is 11.4 Å². The molecular weight excluding hydrogens is 640 g/mol. The summed E-state index contributed by atoms with van der Waals surface area (Å²) in [6.45, 7) is 8.50. The highest BCUT2D eigenvalue weighted by Gasteiger charge is 2.30. The predicted octanol–water partition coefficient (Wildman–Crippen LogP) is 6.10. The van der Waals surface area contributed by atoms with Crippen molar-refractivity contribution in [3.05, 3.63) is 72.5 Å². The maximum absolute atomic E-state index is 15.5. The number of hydrogen-bond acceptors (Lipinski definition) is 7. The second kappa shape index (κ2) is 12.6. The third kappa shape index (κ3) is 5.55. The van der Waals surface area contributed by atoms with Crippen LogP contribution in [0.5, 0.6) is 0 Å². The van der Waals surface area contributed by atoms with E-state index in [0.717, 1.165) is 0 Å². The second-order valence-electron chi connectivity index (χ2n) is 10.8. The van der Waals surface area contributed by atoms with Crippen LogP contribution in [0.4, 0.5) is 15.8 Å². The minimum Gasteiger partial charge on any atom is -0.397 e. The van der Waals surface area contributed by atoms with E-state index in [-0.39, 0.29) is 55.0 Å². The third-order valence-electron chi connectivity index (χ3n) is 7.67. The van der Waals surface area contributed by atoms with Crippen molar-refractivity contribution < 1.29 is 9.18 Å². The standard InChI is InChI=1S/C32H27Cl3FN7O2/c1-5-6-23(44)41-9-11-42(12-10-41)30-18-13-22(35)28(24-25(36)20(33)14-21(34)26(24)38)40-31(18)43(32(45)19(30)15-37)29-17(4)7-8-39-27(29)16(2)3/h7-8,13-14,16H,9-12,38H2,1-4H3. The van der Waals surface area contributed by atoms with Gasteiger partial charge in [-0.25, -0.2) is 9.37 Å². The van der Waals surface area contributed by atoms with Crippen molar-refractivity contribution in [1.29, 1.82) is 5.26 Å². The van der Waals surface area contributed by atoms with Crippen LogP contribution in [0.3, 0.4) is 0 Å². The number of pyridine rings is 3. The SMILES string of the molecule is CC#CC(=O)N1CCN(c2c(C#N)c(=O)n(-c3c(C)ccnc3C(C)C)c3nc(-c4c(N)c(Cl)cc(Cl)c4F)c(Cl)cc23)CC1. The molecular formula is C32H27Cl3FN7O2. The first-order valence-corrected chi connectivity index (χ1v) is 15.1. The molecule has 1 amide bonds. The summed E-state index contributed by atoms with van der Waals surface area (Å²) in [7, 11) is 0. The number of piperazine rings is 1. The number of anilines is 2. The van der Waals surface area contributed by atoms with Gasteiger partial charge in [-0.3, -0.25) is 19.1 Å². The van der Waals surface area contributed by atoms with Crippen molar-refractivity contribution >= 4 is 63.1 Å². The number of aromatic nitrogens is 3. The van der Waals surface area contributed by atoms with E-state index >= 15 is 4.39 Å². The Morgan fingerprint density at radius 3 is 2.40 bits per heavy atom. The first kappa shape index (κ1) is 32.1. The monoisotopic (exact) mass is 665 g/mol. The minimum atomic E-state index is -0.883.